The maximum Gasteiger partial charge on any atom is 0.137 e. The van der Waals surface area contributed by atoms with Gasteiger partial charge in [0, 0.05) is 11.9 Å². The highest BCUT2D eigenvalue weighted by Crippen LogP contribution is 2.27. The number of fused-ring (bicyclic) bond motifs is 1. The molecule has 0 saturated carbocycles. The highest BCUT2D eigenvalue weighted by atomic mass is 15.0. The Morgan fingerprint density at radius 2 is 1.60 bits per heavy atom. The first kappa shape index (κ1) is 35.2. The minimum absolute atomic E-state index is 0.684. The largest absolute Gasteiger partial charge is 0.365 e. The van der Waals surface area contributed by atoms with E-state index >= 15 is 0 Å². The molecule has 0 saturated heterocycles. The summed E-state index contributed by atoms with van der Waals surface area (Å²) in [5.41, 5.74) is 7.20. The predicted octanol–water partition coefficient (Wildman–Crippen LogP) is 9.75. The van der Waals surface area contributed by atoms with Gasteiger partial charge in [-0.25, -0.2) is 9.97 Å². The van der Waals surface area contributed by atoms with Crippen LogP contribution in [-0.2, 0) is 19.4 Å². The SMILES string of the molecule is CC.CC.[B]c1cccc(CNc2nc(C)nc3cc(CCCCCCCC/C(C=C)=C/CC)c(CC)cc23)c1. The molecule has 0 unspecified atom stereocenters. The van der Waals surface area contributed by atoms with Crippen LogP contribution in [0.2, 0.25) is 0 Å². The number of benzene rings is 2. The second-order valence-corrected chi connectivity index (χ2v) is 9.72. The molecular weight excluding hydrogens is 485 g/mol. The smallest absolute Gasteiger partial charge is 0.137 e. The fraction of sp³-hybridized carbons (Fsp3) is 0.500. The molecule has 3 rings (SSSR count). The van der Waals surface area contributed by atoms with Crippen LogP contribution in [0.3, 0.4) is 0 Å². The lowest BCUT2D eigenvalue weighted by atomic mass is 9.94. The molecule has 1 heterocycles. The lowest BCUT2D eigenvalue weighted by Crippen LogP contribution is -2.08. The summed E-state index contributed by atoms with van der Waals surface area (Å²) in [5.74, 6) is 1.69. The van der Waals surface area contributed by atoms with Gasteiger partial charge in [0.15, 0.2) is 0 Å². The quantitative estimate of drug-likeness (QED) is 0.119. The first-order valence-corrected chi connectivity index (χ1v) is 15.7. The monoisotopic (exact) mass is 539 g/mol. The number of hydrogen-bond donors (Lipinski definition) is 1. The number of aryl methyl sites for hydroxylation is 3. The second-order valence-electron chi connectivity index (χ2n) is 9.72. The zero-order valence-corrected chi connectivity index (χ0v) is 26.6. The molecule has 3 aromatic rings. The van der Waals surface area contributed by atoms with Crippen molar-refractivity contribution in [2.24, 2.45) is 0 Å². The normalized spacial score (nSPS) is 10.8. The van der Waals surface area contributed by atoms with Crippen LogP contribution in [-0.4, -0.2) is 17.8 Å². The Morgan fingerprint density at radius 3 is 2.25 bits per heavy atom. The number of aromatic nitrogens is 2. The highest BCUT2D eigenvalue weighted by Gasteiger charge is 2.11. The van der Waals surface area contributed by atoms with Gasteiger partial charge in [-0.05, 0) is 74.3 Å². The summed E-state index contributed by atoms with van der Waals surface area (Å²) < 4.78 is 0. The average molecular weight is 540 g/mol. The van der Waals surface area contributed by atoms with Crippen LogP contribution in [0.4, 0.5) is 5.82 Å². The standard InChI is InChI=1S/C32H42BN3.2C2H6/c1-5-15-25(6-2)16-12-10-8-9-11-13-18-28-22-31-30(21-27(28)7-3)32(36-24(4)35-31)34-23-26-17-14-19-29(33)20-26;2*1-2/h6,14-15,17,19-22H,2,5,7-13,16,18,23H2,1,3-4H3,(H,34,35,36);2*1-2H3/b25-15+;;. The lowest BCUT2D eigenvalue weighted by Gasteiger charge is -2.14. The number of allylic oxidation sites excluding steroid dienone is 3. The van der Waals surface area contributed by atoms with Crippen molar-refractivity contribution in [2.75, 3.05) is 5.32 Å². The third-order valence-electron chi connectivity index (χ3n) is 6.81. The number of unbranched alkanes of at least 4 members (excludes halogenated alkanes) is 5. The summed E-state index contributed by atoms with van der Waals surface area (Å²) in [7, 11) is 5.94. The molecule has 0 aliphatic heterocycles. The maximum atomic E-state index is 5.94. The summed E-state index contributed by atoms with van der Waals surface area (Å²) in [6.07, 6.45) is 16.5. The summed E-state index contributed by atoms with van der Waals surface area (Å²) >= 11 is 0. The molecule has 40 heavy (non-hydrogen) atoms. The fourth-order valence-electron chi connectivity index (χ4n) is 4.87. The predicted molar refractivity (Wildman–Crippen MR) is 180 cm³/mol. The van der Waals surface area contributed by atoms with Crippen LogP contribution in [0, 0.1) is 6.92 Å². The van der Waals surface area contributed by atoms with E-state index in [0.717, 1.165) is 52.8 Å². The maximum absolute atomic E-state index is 5.94. The van der Waals surface area contributed by atoms with Crippen molar-refractivity contribution in [1.29, 1.82) is 0 Å². The molecule has 0 spiro atoms. The lowest BCUT2D eigenvalue weighted by molar-refractivity contribution is 0.593. The number of hydrogen-bond acceptors (Lipinski definition) is 3. The van der Waals surface area contributed by atoms with E-state index in [9.17, 15) is 0 Å². The number of nitrogens with one attached hydrogen (secondary N) is 1. The zero-order chi connectivity index (χ0) is 29.8. The second kappa shape index (κ2) is 20.9. The molecule has 0 fully saturated rings. The molecule has 0 aliphatic rings. The zero-order valence-electron chi connectivity index (χ0n) is 26.6. The van der Waals surface area contributed by atoms with Crippen LogP contribution in [0.1, 0.15) is 115 Å². The summed E-state index contributed by atoms with van der Waals surface area (Å²) in [6, 6.07) is 12.6. The summed E-state index contributed by atoms with van der Waals surface area (Å²) in [4.78, 5) is 9.49. The Labute approximate surface area is 247 Å². The van der Waals surface area contributed by atoms with E-state index in [1.807, 2.05) is 58.9 Å². The topological polar surface area (TPSA) is 37.8 Å². The number of nitrogens with zero attached hydrogens (tertiary/aromatic N) is 2. The molecule has 3 nitrogen and oxygen atoms in total. The van der Waals surface area contributed by atoms with Crippen molar-refractivity contribution in [2.45, 2.75) is 119 Å². The molecule has 216 valence electrons. The first-order chi connectivity index (χ1) is 19.5. The van der Waals surface area contributed by atoms with E-state index < -0.39 is 0 Å². The Kier molecular flexibility index (Phi) is 18.4. The van der Waals surface area contributed by atoms with Crippen LogP contribution in [0.25, 0.3) is 10.9 Å². The van der Waals surface area contributed by atoms with E-state index in [-0.39, 0.29) is 0 Å². The van der Waals surface area contributed by atoms with Crippen molar-refractivity contribution in [3.05, 3.63) is 83.2 Å². The van der Waals surface area contributed by atoms with Gasteiger partial charge in [-0.3, -0.25) is 0 Å². The fourth-order valence-corrected chi connectivity index (χ4v) is 4.87. The van der Waals surface area contributed by atoms with Crippen LogP contribution in [0.15, 0.2) is 60.7 Å². The van der Waals surface area contributed by atoms with Gasteiger partial charge in [0.2, 0.25) is 0 Å². The van der Waals surface area contributed by atoms with E-state index in [1.54, 1.807) is 0 Å². The van der Waals surface area contributed by atoms with Gasteiger partial charge >= 0.3 is 0 Å². The molecule has 1 N–H and O–H groups in total. The van der Waals surface area contributed by atoms with Crippen LogP contribution < -0.4 is 10.8 Å². The Hall–Kier alpha value is -2.88. The van der Waals surface area contributed by atoms with Gasteiger partial charge in [-0.15, -0.1) is 0 Å². The first-order valence-electron chi connectivity index (χ1n) is 15.7. The molecule has 2 aromatic carbocycles. The molecule has 0 amide bonds. The van der Waals surface area contributed by atoms with Gasteiger partial charge in [0.1, 0.15) is 19.5 Å². The summed E-state index contributed by atoms with van der Waals surface area (Å²) in [6.45, 7) is 19.0. The number of anilines is 1. The van der Waals surface area contributed by atoms with E-state index in [2.05, 4.69) is 50.0 Å². The van der Waals surface area contributed by atoms with Crippen molar-refractivity contribution in [1.82, 2.24) is 9.97 Å². The van der Waals surface area contributed by atoms with Crippen molar-refractivity contribution < 1.29 is 0 Å². The molecule has 1 aromatic heterocycles. The molecule has 0 atom stereocenters. The van der Waals surface area contributed by atoms with Crippen LogP contribution in [0.5, 0.6) is 0 Å². The molecule has 2 radical (unpaired) electrons. The molecule has 0 bridgehead atoms. The van der Waals surface area contributed by atoms with Crippen LogP contribution >= 0.6 is 0 Å². The van der Waals surface area contributed by atoms with Gasteiger partial charge < -0.3 is 5.32 Å². The van der Waals surface area contributed by atoms with Gasteiger partial charge in [-0.1, -0.05) is 121 Å². The van der Waals surface area contributed by atoms with E-state index in [1.165, 1.54) is 61.6 Å². The van der Waals surface area contributed by atoms with Crippen molar-refractivity contribution >= 4 is 30.0 Å². The Bertz CT molecular complexity index is 1170. The summed E-state index contributed by atoms with van der Waals surface area (Å²) in [5, 5.41) is 4.62. The van der Waals surface area contributed by atoms with Crippen molar-refractivity contribution in [3.63, 3.8) is 0 Å². The molecular formula is C36H54BN3. The van der Waals surface area contributed by atoms with E-state index in [4.69, 9.17) is 17.8 Å². The molecule has 4 heteroatoms. The Balaban J connectivity index is 0.00000191. The minimum atomic E-state index is 0.684. The minimum Gasteiger partial charge on any atom is -0.365 e. The van der Waals surface area contributed by atoms with Gasteiger partial charge in [0.25, 0.3) is 0 Å². The van der Waals surface area contributed by atoms with E-state index in [0.29, 0.717) is 6.54 Å². The van der Waals surface area contributed by atoms with Gasteiger partial charge in [-0.2, -0.15) is 0 Å². The Morgan fingerprint density at radius 1 is 0.900 bits per heavy atom. The van der Waals surface area contributed by atoms with Gasteiger partial charge in [0.05, 0.1) is 5.52 Å². The average Bonchev–Trinajstić information content (AvgIpc) is 2.98. The third kappa shape index (κ3) is 12.1. The van der Waals surface area contributed by atoms with Crippen molar-refractivity contribution in [3.8, 4) is 0 Å². The number of rotatable bonds is 15. The highest BCUT2D eigenvalue weighted by molar-refractivity contribution is 6.32. The molecule has 0 aliphatic carbocycles. The third-order valence-corrected chi connectivity index (χ3v) is 6.81.